The first-order chi connectivity index (χ1) is 20.8. The summed E-state index contributed by atoms with van der Waals surface area (Å²) in [6, 6.07) is 15.3. The van der Waals surface area contributed by atoms with Crippen LogP contribution < -0.4 is 10.6 Å². The molecule has 2 atom stereocenters. The van der Waals surface area contributed by atoms with Crippen LogP contribution in [-0.2, 0) is 16.9 Å². The summed E-state index contributed by atoms with van der Waals surface area (Å²) in [4.78, 5) is 26.5. The van der Waals surface area contributed by atoms with Crippen molar-refractivity contribution in [1.82, 2.24) is 15.5 Å². The molecule has 3 aromatic rings. The third-order valence-corrected chi connectivity index (χ3v) is 8.11. The largest absolute Gasteiger partial charge is 0.471 e. The molecule has 1 heterocycles. The van der Waals surface area contributed by atoms with Crippen molar-refractivity contribution in [3.8, 4) is 11.1 Å². The van der Waals surface area contributed by atoms with E-state index >= 15 is 8.78 Å². The van der Waals surface area contributed by atoms with Crippen molar-refractivity contribution < 1.29 is 36.6 Å². The lowest BCUT2D eigenvalue weighted by molar-refractivity contribution is -0.173. The van der Waals surface area contributed by atoms with Crippen molar-refractivity contribution in [1.29, 1.82) is 0 Å². The van der Waals surface area contributed by atoms with Gasteiger partial charge in [0.05, 0.1) is 5.60 Å². The van der Waals surface area contributed by atoms with E-state index in [2.05, 4.69) is 5.32 Å². The molecule has 2 unspecified atom stereocenters. The van der Waals surface area contributed by atoms with Crippen molar-refractivity contribution in [2.45, 2.75) is 50.9 Å². The van der Waals surface area contributed by atoms with Crippen molar-refractivity contribution in [2.24, 2.45) is 5.92 Å². The second-order valence-corrected chi connectivity index (χ2v) is 11.2. The summed E-state index contributed by atoms with van der Waals surface area (Å²) >= 11 is 0. The Hall–Kier alpha value is -3.83. The van der Waals surface area contributed by atoms with E-state index in [9.17, 15) is 27.9 Å². The van der Waals surface area contributed by atoms with Gasteiger partial charge in [0.2, 0.25) is 0 Å². The summed E-state index contributed by atoms with van der Waals surface area (Å²) in [6.45, 7) is 2.43. The first-order valence-electron chi connectivity index (χ1n) is 14.5. The Bertz CT molecular complexity index is 1480. The van der Waals surface area contributed by atoms with Gasteiger partial charge in [0, 0.05) is 48.8 Å². The Kier molecular flexibility index (Phi) is 10.4. The highest BCUT2D eigenvalue weighted by atomic mass is 19.4. The van der Waals surface area contributed by atoms with E-state index in [0.717, 1.165) is 11.6 Å². The molecule has 3 N–H and O–H groups in total. The molecule has 236 valence electrons. The summed E-state index contributed by atoms with van der Waals surface area (Å²) < 4.78 is 69.0. The number of carbonyl (C=O) groups excluding carboxylic acids is 2. The SMILES string of the molecule is CNCc1ccc(C(=O)N2CCCC(C(O)(CCCNC(=O)C(F)(F)F)c3cccc(F)c3-c3cc(C)ccc3F)C2)cc1. The molecule has 0 bridgehead atoms. The first kappa shape index (κ1) is 33.1. The number of benzene rings is 3. The molecule has 11 heteroatoms. The van der Waals surface area contributed by atoms with Crippen molar-refractivity contribution in [2.75, 3.05) is 26.7 Å². The normalized spacial score (nSPS) is 16.8. The van der Waals surface area contributed by atoms with Crippen molar-refractivity contribution in [3.63, 3.8) is 0 Å². The van der Waals surface area contributed by atoms with Gasteiger partial charge in [-0.25, -0.2) is 8.78 Å². The minimum absolute atomic E-state index is 0.0627. The molecule has 0 radical (unpaired) electrons. The molecule has 0 spiro atoms. The average Bonchev–Trinajstić information content (AvgIpc) is 3.00. The molecule has 44 heavy (non-hydrogen) atoms. The van der Waals surface area contributed by atoms with Gasteiger partial charge in [0.15, 0.2) is 0 Å². The molecule has 1 aliphatic heterocycles. The zero-order valence-electron chi connectivity index (χ0n) is 24.6. The van der Waals surface area contributed by atoms with Gasteiger partial charge >= 0.3 is 12.1 Å². The summed E-state index contributed by atoms with van der Waals surface area (Å²) in [5.41, 5.74) is 0.0776. The van der Waals surface area contributed by atoms with Crippen LogP contribution in [0.3, 0.4) is 0 Å². The lowest BCUT2D eigenvalue weighted by Crippen LogP contribution is -2.48. The molecule has 3 aromatic carbocycles. The molecule has 0 aliphatic carbocycles. The van der Waals surface area contributed by atoms with Crippen LogP contribution >= 0.6 is 0 Å². The highest BCUT2D eigenvalue weighted by molar-refractivity contribution is 5.94. The number of piperidine rings is 1. The number of aliphatic hydroxyl groups is 1. The third-order valence-electron chi connectivity index (χ3n) is 8.11. The van der Waals surface area contributed by atoms with E-state index in [1.54, 1.807) is 24.0 Å². The Morgan fingerprint density at radius 1 is 1.02 bits per heavy atom. The van der Waals surface area contributed by atoms with Crippen LogP contribution in [-0.4, -0.2) is 54.7 Å². The molecule has 0 saturated carbocycles. The molecule has 1 saturated heterocycles. The van der Waals surface area contributed by atoms with Crippen molar-refractivity contribution in [3.05, 3.63) is 94.6 Å². The molecular weight excluding hydrogens is 581 g/mol. The van der Waals surface area contributed by atoms with Crippen LogP contribution in [0.15, 0.2) is 60.7 Å². The molecule has 1 aliphatic rings. The van der Waals surface area contributed by atoms with E-state index in [4.69, 9.17) is 0 Å². The third kappa shape index (κ3) is 7.44. The second kappa shape index (κ2) is 13.9. The number of likely N-dealkylation sites (tertiary alicyclic amines) is 1. The van der Waals surface area contributed by atoms with Gasteiger partial charge in [-0.05, 0) is 81.1 Å². The summed E-state index contributed by atoms with van der Waals surface area (Å²) in [5, 5.41) is 17.3. The van der Waals surface area contributed by atoms with Gasteiger partial charge in [-0.1, -0.05) is 35.9 Å². The highest BCUT2D eigenvalue weighted by Gasteiger charge is 2.44. The van der Waals surface area contributed by atoms with Crippen LogP contribution in [0.5, 0.6) is 0 Å². The molecule has 6 nitrogen and oxygen atoms in total. The first-order valence-corrected chi connectivity index (χ1v) is 14.5. The van der Waals surface area contributed by atoms with Gasteiger partial charge in [-0.15, -0.1) is 0 Å². The maximum Gasteiger partial charge on any atom is 0.471 e. The zero-order valence-corrected chi connectivity index (χ0v) is 24.6. The lowest BCUT2D eigenvalue weighted by Gasteiger charge is -2.43. The van der Waals surface area contributed by atoms with E-state index in [1.165, 1.54) is 30.3 Å². The number of carbonyl (C=O) groups is 2. The minimum Gasteiger partial charge on any atom is -0.385 e. The molecule has 4 rings (SSSR count). The van der Waals surface area contributed by atoms with E-state index in [0.29, 0.717) is 37.1 Å². The van der Waals surface area contributed by atoms with E-state index < -0.39 is 41.8 Å². The average molecular weight is 618 g/mol. The van der Waals surface area contributed by atoms with E-state index in [1.807, 2.05) is 24.5 Å². The summed E-state index contributed by atoms with van der Waals surface area (Å²) in [6.07, 6.45) is -4.42. The van der Waals surface area contributed by atoms with Crippen LogP contribution in [0, 0.1) is 24.5 Å². The Morgan fingerprint density at radius 3 is 2.43 bits per heavy atom. The van der Waals surface area contributed by atoms with Gasteiger partial charge in [-0.2, -0.15) is 13.2 Å². The van der Waals surface area contributed by atoms with Crippen molar-refractivity contribution >= 4 is 11.8 Å². The lowest BCUT2D eigenvalue weighted by atomic mass is 9.72. The zero-order chi connectivity index (χ0) is 32.1. The number of hydrogen-bond donors (Lipinski definition) is 3. The van der Waals surface area contributed by atoms with Gasteiger partial charge in [0.25, 0.3) is 5.91 Å². The quantitative estimate of drug-likeness (QED) is 0.197. The van der Waals surface area contributed by atoms with Crippen LogP contribution in [0.2, 0.25) is 0 Å². The summed E-state index contributed by atoms with van der Waals surface area (Å²) in [5.74, 6) is -4.51. The van der Waals surface area contributed by atoms with E-state index in [-0.39, 0.29) is 42.0 Å². The number of hydrogen-bond acceptors (Lipinski definition) is 4. The summed E-state index contributed by atoms with van der Waals surface area (Å²) in [7, 11) is 1.82. The number of halogens is 5. The topological polar surface area (TPSA) is 81.7 Å². The molecule has 1 fully saturated rings. The number of aryl methyl sites for hydroxylation is 1. The Labute approximate surface area is 253 Å². The minimum atomic E-state index is -5.07. The molecular formula is C33H36F5N3O3. The van der Waals surface area contributed by atoms with Crippen LogP contribution in [0.25, 0.3) is 11.1 Å². The van der Waals surface area contributed by atoms with Gasteiger partial charge < -0.3 is 20.6 Å². The number of alkyl halides is 3. The van der Waals surface area contributed by atoms with Crippen LogP contribution in [0.4, 0.5) is 22.0 Å². The number of amides is 2. The number of nitrogens with one attached hydrogen (secondary N) is 2. The molecule has 0 aromatic heterocycles. The fourth-order valence-corrected chi connectivity index (χ4v) is 5.91. The van der Waals surface area contributed by atoms with Crippen LogP contribution in [0.1, 0.15) is 52.7 Å². The monoisotopic (exact) mass is 617 g/mol. The fraction of sp³-hybridized carbons (Fsp3) is 0.394. The predicted molar refractivity (Wildman–Crippen MR) is 157 cm³/mol. The highest BCUT2D eigenvalue weighted by Crippen LogP contribution is 2.45. The second-order valence-electron chi connectivity index (χ2n) is 11.2. The Balaban J connectivity index is 1.70. The predicted octanol–water partition coefficient (Wildman–Crippen LogP) is 5.86. The molecule has 2 amide bonds. The number of rotatable bonds is 10. The maximum absolute atomic E-state index is 15.6. The van der Waals surface area contributed by atoms with Gasteiger partial charge in [0.1, 0.15) is 11.6 Å². The number of nitrogens with zero attached hydrogens (tertiary/aromatic N) is 1. The standard InChI is InChI=1S/C33H36F5N3O3/c1-21-9-14-27(34)25(18-21)29-26(7-3-8-28(29)35)32(44,15-5-16-40-31(43)33(36,37)38)24-6-4-17-41(20-24)30(42)23-12-10-22(11-13-23)19-39-2/h3,7-14,18,24,39,44H,4-6,15-17,19-20H2,1-2H3,(H,40,43). The van der Waals surface area contributed by atoms with Gasteiger partial charge in [-0.3, -0.25) is 9.59 Å². The smallest absolute Gasteiger partial charge is 0.385 e. The fourth-order valence-electron chi connectivity index (χ4n) is 5.91. The maximum atomic E-state index is 15.6. The Morgan fingerprint density at radius 2 is 1.75 bits per heavy atom.